The minimum atomic E-state index is -0.0318. The normalized spacial score (nSPS) is 16.6. The molecule has 1 saturated heterocycles. The molecule has 1 aliphatic heterocycles. The Morgan fingerprint density at radius 1 is 0.833 bits per heavy atom. The van der Waals surface area contributed by atoms with Crippen molar-refractivity contribution < 1.29 is 14.4 Å². The number of carbonyl (C=O) groups excluding carboxylic acids is 1. The molecule has 4 nitrogen and oxygen atoms in total. The van der Waals surface area contributed by atoms with Crippen LogP contribution in [0.4, 0.5) is 0 Å². The Balaban J connectivity index is 1.49. The van der Waals surface area contributed by atoms with Crippen molar-refractivity contribution in [3.05, 3.63) is 96.1 Å². The molecule has 0 unspecified atom stereocenters. The number of nitrogens with one attached hydrogen (secondary N) is 2. The fourth-order valence-electron chi connectivity index (χ4n) is 4.30. The molecule has 1 amide bonds. The van der Waals surface area contributed by atoms with Gasteiger partial charge in [0, 0.05) is 11.1 Å². The number of ether oxygens (including phenoxy) is 1. The molecule has 0 aliphatic carbocycles. The first-order valence-corrected chi connectivity index (χ1v) is 10.7. The molecule has 0 saturated carbocycles. The molecular formula is C26H29N2O2+. The third-order valence-corrected chi connectivity index (χ3v) is 5.85. The first-order chi connectivity index (χ1) is 14.7. The summed E-state index contributed by atoms with van der Waals surface area (Å²) in [5.41, 5.74) is 4.20. The molecule has 0 radical (unpaired) electrons. The summed E-state index contributed by atoms with van der Waals surface area (Å²) in [6.07, 6.45) is 0. The van der Waals surface area contributed by atoms with E-state index in [0.717, 1.165) is 37.4 Å². The summed E-state index contributed by atoms with van der Waals surface area (Å²) in [5.74, 6) is -0.0318. The lowest BCUT2D eigenvalue weighted by Gasteiger charge is -2.35. The zero-order valence-corrected chi connectivity index (χ0v) is 17.4. The van der Waals surface area contributed by atoms with Crippen LogP contribution >= 0.6 is 0 Å². The van der Waals surface area contributed by atoms with Gasteiger partial charge in [-0.3, -0.25) is 4.79 Å². The van der Waals surface area contributed by atoms with Gasteiger partial charge in [0.1, 0.15) is 19.1 Å². The lowest BCUT2D eigenvalue weighted by Crippen LogP contribution is -3.15. The molecule has 1 fully saturated rings. The molecule has 1 heterocycles. The summed E-state index contributed by atoms with van der Waals surface area (Å²) >= 11 is 0. The Hall–Kier alpha value is -2.95. The maximum Gasteiger partial charge on any atom is 0.251 e. The van der Waals surface area contributed by atoms with E-state index in [9.17, 15) is 4.79 Å². The van der Waals surface area contributed by atoms with E-state index in [1.165, 1.54) is 10.5 Å². The van der Waals surface area contributed by atoms with E-state index in [0.29, 0.717) is 5.56 Å². The number of hydrogen-bond donors (Lipinski definition) is 2. The summed E-state index contributed by atoms with van der Waals surface area (Å²) in [5, 5.41) is 3.25. The van der Waals surface area contributed by atoms with Gasteiger partial charge in [-0.15, -0.1) is 0 Å². The highest BCUT2D eigenvalue weighted by Gasteiger charge is 2.32. The maximum absolute atomic E-state index is 13.0. The molecule has 3 aromatic rings. The number of amides is 1. The van der Waals surface area contributed by atoms with Gasteiger partial charge in [0.15, 0.2) is 0 Å². The first kappa shape index (κ1) is 20.3. The van der Waals surface area contributed by atoms with E-state index in [4.69, 9.17) is 4.74 Å². The van der Waals surface area contributed by atoms with Crippen LogP contribution in [0.1, 0.15) is 28.9 Å². The molecule has 4 rings (SSSR count). The SMILES string of the molecule is C[C@@H](NC(=O)c1ccc(-c2ccccc2)cc1)[C@H](c1ccccc1)[NH+]1CCOCC1. The van der Waals surface area contributed by atoms with Crippen LogP contribution in [0.3, 0.4) is 0 Å². The van der Waals surface area contributed by atoms with E-state index in [2.05, 4.69) is 48.6 Å². The third kappa shape index (κ3) is 4.78. The topological polar surface area (TPSA) is 42.8 Å². The Labute approximate surface area is 178 Å². The van der Waals surface area contributed by atoms with Gasteiger partial charge in [0.25, 0.3) is 5.91 Å². The number of benzene rings is 3. The van der Waals surface area contributed by atoms with Crippen LogP contribution in [-0.2, 0) is 4.74 Å². The van der Waals surface area contributed by atoms with Crippen molar-refractivity contribution in [2.75, 3.05) is 26.3 Å². The standard InChI is InChI=1S/C26H28N2O2/c1-20(25(23-10-6-3-7-11-23)28-16-18-30-19-17-28)27-26(29)24-14-12-22(13-15-24)21-8-4-2-5-9-21/h2-15,20,25H,16-19H2,1H3,(H,27,29)/p+1/t20-,25-/m1/s1. The summed E-state index contributed by atoms with van der Waals surface area (Å²) in [7, 11) is 0. The van der Waals surface area contributed by atoms with Gasteiger partial charge in [-0.2, -0.15) is 0 Å². The highest BCUT2D eigenvalue weighted by molar-refractivity contribution is 5.94. The van der Waals surface area contributed by atoms with Crippen LogP contribution in [0.15, 0.2) is 84.9 Å². The predicted molar refractivity (Wildman–Crippen MR) is 120 cm³/mol. The first-order valence-electron chi connectivity index (χ1n) is 10.7. The molecule has 2 N–H and O–H groups in total. The van der Waals surface area contributed by atoms with Crippen molar-refractivity contribution in [2.45, 2.75) is 19.0 Å². The molecule has 1 aliphatic rings. The molecule has 0 spiro atoms. The Morgan fingerprint density at radius 3 is 2.03 bits per heavy atom. The lowest BCUT2D eigenvalue weighted by atomic mass is 9.97. The number of morpholine rings is 1. The van der Waals surface area contributed by atoms with Crippen LogP contribution in [0.2, 0.25) is 0 Å². The average molecular weight is 402 g/mol. The monoisotopic (exact) mass is 401 g/mol. The van der Waals surface area contributed by atoms with Gasteiger partial charge in [0.05, 0.1) is 19.3 Å². The van der Waals surface area contributed by atoms with Crippen LogP contribution in [0, 0.1) is 0 Å². The Kier molecular flexibility index (Phi) is 6.57. The van der Waals surface area contributed by atoms with Gasteiger partial charge in [-0.1, -0.05) is 72.8 Å². The minimum Gasteiger partial charge on any atom is -0.370 e. The number of quaternary nitrogens is 1. The van der Waals surface area contributed by atoms with Crippen molar-refractivity contribution in [2.24, 2.45) is 0 Å². The molecule has 0 bridgehead atoms. The van der Waals surface area contributed by atoms with E-state index >= 15 is 0 Å². The number of carbonyl (C=O) groups is 1. The van der Waals surface area contributed by atoms with Crippen molar-refractivity contribution in [3.63, 3.8) is 0 Å². The maximum atomic E-state index is 13.0. The van der Waals surface area contributed by atoms with Gasteiger partial charge in [-0.05, 0) is 30.2 Å². The summed E-state index contributed by atoms with van der Waals surface area (Å²) in [6.45, 7) is 5.54. The Bertz CT molecular complexity index is 936. The van der Waals surface area contributed by atoms with Gasteiger partial charge in [0.2, 0.25) is 0 Å². The fourth-order valence-corrected chi connectivity index (χ4v) is 4.30. The highest BCUT2D eigenvalue weighted by Crippen LogP contribution is 2.20. The van der Waals surface area contributed by atoms with Crippen LogP contribution in [0.5, 0.6) is 0 Å². The van der Waals surface area contributed by atoms with Crippen LogP contribution in [-0.4, -0.2) is 38.3 Å². The molecule has 154 valence electrons. The second-order valence-corrected chi connectivity index (χ2v) is 7.86. The van der Waals surface area contributed by atoms with Crippen molar-refractivity contribution in [3.8, 4) is 11.1 Å². The third-order valence-electron chi connectivity index (χ3n) is 5.85. The number of rotatable bonds is 6. The summed E-state index contributed by atoms with van der Waals surface area (Å²) in [4.78, 5) is 14.4. The largest absolute Gasteiger partial charge is 0.370 e. The zero-order chi connectivity index (χ0) is 20.8. The summed E-state index contributed by atoms with van der Waals surface area (Å²) in [6, 6.07) is 28.7. The number of hydrogen-bond acceptors (Lipinski definition) is 2. The molecule has 4 heteroatoms. The average Bonchev–Trinajstić information content (AvgIpc) is 2.81. The molecular weight excluding hydrogens is 372 g/mol. The highest BCUT2D eigenvalue weighted by atomic mass is 16.5. The predicted octanol–water partition coefficient (Wildman–Crippen LogP) is 3.13. The Morgan fingerprint density at radius 2 is 1.40 bits per heavy atom. The van der Waals surface area contributed by atoms with Crippen molar-refractivity contribution in [1.82, 2.24) is 5.32 Å². The van der Waals surface area contributed by atoms with Crippen molar-refractivity contribution in [1.29, 1.82) is 0 Å². The molecule has 2 atom stereocenters. The van der Waals surface area contributed by atoms with Crippen LogP contribution in [0.25, 0.3) is 11.1 Å². The lowest BCUT2D eigenvalue weighted by molar-refractivity contribution is -0.940. The second-order valence-electron chi connectivity index (χ2n) is 7.86. The van der Waals surface area contributed by atoms with Crippen LogP contribution < -0.4 is 10.2 Å². The molecule has 0 aromatic heterocycles. The van der Waals surface area contributed by atoms with Crippen molar-refractivity contribution >= 4 is 5.91 Å². The van der Waals surface area contributed by atoms with E-state index in [1.54, 1.807) is 0 Å². The quantitative estimate of drug-likeness (QED) is 0.667. The molecule has 30 heavy (non-hydrogen) atoms. The van der Waals surface area contributed by atoms with E-state index in [1.807, 2.05) is 48.5 Å². The van der Waals surface area contributed by atoms with E-state index < -0.39 is 0 Å². The van der Waals surface area contributed by atoms with Gasteiger partial charge < -0.3 is 15.0 Å². The smallest absolute Gasteiger partial charge is 0.251 e. The summed E-state index contributed by atoms with van der Waals surface area (Å²) < 4.78 is 5.56. The fraction of sp³-hybridized carbons (Fsp3) is 0.269. The van der Waals surface area contributed by atoms with Gasteiger partial charge >= 0.3 is 0 Å². The second kappa shape index (κ2) is 9.70. The zero-order valence-electron chi connectivity index (χ0n) is 17.4. The van der Waals surface area contributed by atoms with E-state index in [-0.39, 0.29) is 18.0 Å². The van der Waals surface area contributed by atoms with Gasteiger partial charge in [-0.25, -0.2) is 0 Å². The minimum absolute atomic E-state index is 0.00167. The molecule has 3 aromatic carbocycles.